The lowest BCUT2D eigenvalue weighted by Crippen LogP contribution is -2.39. The molecule has 156 valence electrons. The summed E-state index contributed by atoms with van der Waals surface area (Å²) in [5.74, 6) is -0.141. The molecule has 0 saturated heterocycles. The van der Waals surface area contributed by atoms with Gasteiger partial charge in [-0.15, -0.1) is 0 Å². The highest BCUT2D eigenvalue weighted by Gasteiger charge is 2.19. The van der Waals surface area contributed by atoms with Gasteiger partial charge in [0.05, 0.1) is 24.0 Å². The van der Waals surface area contributed by atoms with Gasteiger partial charge in [0.15, 0.2) is 0 Å². The lowest BCUT2D eigenvalue weighted by Gasteiger charge is -2.19. The molecule has 31 heavy (non-hydrogen) atoms. The van der Waals surface area contributed by atoms with E-state index in [2.05, 4.69) is 27.6 Å². The summed E-state index contributed by atoms with van der Waals surface area (Å²) in [6, 6.07) is 29.4. The van der Waals surface area contributed by atoms with Gasteiger partial charge in [0.25, 0.3) is 5.91 Å². The second-order valence-electron chi connectivity index (χ2n) is 7.39. The maximum Gasteiger partial charge on any atom is 0.252 e. The Hall–Kier alpha value is -3.70. The normalized spacial score (nSPS) is 11.8. The number of nitrogens with one attached hydrogen (secondary N) is 2. The van der Waals surface area contributed by atoms with Crippen molar-refractivity contribution < 1.29 is 9.53 Å². The number of amides is 1. The molecule has 0 aliphatic rings. The molecule has 5 heteroatoms. The zero-order valence-electron chi connectivity index (χ0n) is 17.4. The second-order valence-corrected chi connectivity index (χ2v) is 7.39. The number of rotatable bonds is 8. The van der Waals surface area contributed by atoms with E-state index in [1.54, 1.807) is 7.11 Å². The van der Waals surface area contributed by atoms with Crippen LogP contribution in [0.1, 0.15) is 15.9 Å². The quantitative estimate of drug-likeness (QED) is 0.440. The highest BCUT2D eigenvalue weighted by molar-refractivity contribution is 6.00. The monoisotopic (exact) mass is 411 g/mol. The summed E-state index contributed by atoms with van der Waals surface area (Å²) in [6.45, 7) is 0.434. The Morgan fingerprint density at radius 1 is 0.968 bits per heavy atom. The molecule has 1 amide bonds. The van der Waals surface area contributed by atoms with E-state index in [9.17, 15) is 4.79 Å². The van der Waals surface area contributed by atoms with E-state index in [0.29, 0.717) is 18.6 Å². The number of aromatic nitrogens is 2. The smallest absolute Gasteiger partial charge is 0.252 e. The van der Waals surface area contributed by atoms with E-state index in [1.807, 2.05) is 78.9 Å². The van der Waals surface area contributed by atoms with Crippen molar-refractivity contribution >= 4 is 5.91 Å². The summed E-state index contributed by atoms with van der Waals surface area (Å²) < 4.78 is 5.35. The van der Waals surface area contributed by atoms with Crippen LogP contribution in [0.5, 0.6) is 0 Å². The summed E-state index contributed by atoms with van der Waals surface area (Å²) in [5.41, 5.74) is 5.21. The van der Waals surface area contributed by atoms with Crippen LogP contribution in [-0.2, 0) is 11.2 Å². The molecule has 0 fully saturated rings. The molecule has 1 atom stereocenters. The van der Waals surface area contributed by atoms with Crippen molar-refractivity contribution in [2.45, 2.75) is 12.5 Å². The van der Waals surface area contributed by atoms with Crippen molar-refractivity contribution in [2.75, 3.05) is 13.7 Å². The zero-order valence-corrected chi connectivity index (χ0v) is 17.4. The molecular weight excluding hydrogens is 386 g/mol. The first-order chi connectivity index (χ1) is 15.2. The van der Waals surface area contributed by atoms with Crippen LogP contribution in [0.15, 0.2) is 91.0 Å². The summed E-state index contributed by atoms with van der Waals surface area (Å²) in [7, 11) is 1.65. The second kappa shape index (κ2) is 9.87. The minimum absolute atomic E-state index is 0.132. The molecule has 2 N–H and O–H groups in total. The molecule has 5 nitrogen and oxygen atoms in total. The highest BCUT2D eigenvalue weighted by Crippen LogP contribution is 2.26. The first-order valence-electron chi connectivity index (χ1n) is 10.3. The molecule has 1 aromatic heterocycles. The van der Waals surface area contributed by atoms with Crippen LogP contribution in [0.3, 0.4) is 0 Å². The fraction of sp³-hybridized carbons (Fsp3) is 0.154. The number of hydrogen-bond donors (Lipinski definition) is 2. The number of nitrogens with zero attached hydrogens (tertiary/aromatic N) is 1. The van der Waals surface area contributed by atoms with E-state index in [4.69, 9.17) is 4.74 Å². The molecular formula is C26H25N3O2. The topological polar surface area (TPSA) is 67.0 Å². The van der Waals surface area contributed by atoms with Crippen molar-refractivity contribution in [3.8, 4) is 22.5 Å². The van der Waals surface area contributed by atoms with Gasteiger partial charge in [-0.05, 0) is 29.7 Å². The van der Waals surface area contributed by atoms with Crippen LogP contribution < -0.4 is 5.32 Å². The van der Waals surface area contributed by atoms with E-state index in [1.165, 1.54) is 0 Å². The van der Waals surface area contributed by atoms with E-state index < -0.39 is 0 Å². The Balaban J connectivity index is 1.56. The third-order valence-electron chi connectivity index (χ3n) is 5.14. The van der Waals surface area contributed by atoms with Crippen molar-refractivity contribution in [3.63, 3.8) is 0 Å². The third kappa shape index (κ3) is 5.08. The summed E-state index contributed by atoms with van der Waals surface area (Å²) >= 11 is 0. The number of benzene rings is 3. The number of carbonyl (C=O) groups excluding carboxylic acids is 1. The van der Waals surface area contributed by atoms with Crippen molar-refractivity contribution in [1.29, 1.82) is 0 Å². The van der Waals surface area contributed by atoms with Gasteiger partial charge in [-0.1, -0.05) is 78.9 Å². The molecule has 0 radical (unpaired) electrons. The van der Waals surface area contributed by atoms with Crippen LogP contribution in [0.4, 0.5) is 0 Å². The molecule has 4 aromatic rings. The SMILES string of the molecule is COC[C@H](Cc1ccccc1)NC(=O)c1ccccc1-c1cc(-c2ccccc2)[nH]n1. The first-order valence-corrected chi connectivity index (χ1v) is 10.3. The van der Waals surface area contributed by atoms with E-state index >= 15 is 0 Å². The minimum atomic E-state index is -0.141. The van der Waals surface area contributed by atoms with Crippen molar-refractivity contribution in [3.05, 3.63) is 102 Å². The Kier molecular flexibility index (Phi) is 6.55. The van der Waals surface area contributed by atoms with Gasteiger partial charge in [0, 0.05) is 18.2 Å². The lowest BCUT2D eigenvalue weighted by atomic mass is 10.0. The van der Waals surface area contributed by atoms with Crippen LogP contribution >= 0.6 is 0 Å². The molecule has 3 aromatic carbocycles. The predicted molar refractivity (Wildman–Crippen MR) is 123 cm³/mol. The molecule has 4 rings (SSSR count). The molecule has 0 unspecified atom stereocenters. The van der Waals surface area contributed by atoms with Gasteiger partial charge in [-0.2, -0.15) is 5.10 Å². The fourth-order valence-corrected chi connectivity index (χ4v) is 3.64. The van der Waals surface area contributed by atoms with Crippen molar-refractivity contribution in [1.82, 2.24) is 15.5 Å². The summed E-state index contributed by atoms with van der Waals surface area (Å²) in [4.78, 5) is 13.2. The largest absolute Gasteiger partial charge is 0.383 e. The predicted octanol–water partition coefficient (Wildman–Crippen LogP) is 4.73. The fourth-order valence-electron chi connectivity index (χ4n) is 3.64. The summed E-state index contributed by atoms with van der Waals surface area (Å²) in [6.07, 6.45) is 0.698. The van der Waals surface area contributed by atoms with E-state index in [0.717, 1.165) is 28.1 Å². The van der Waals surface area contributed by atoms with Crippen molar-refractivity contribution in [2.24, 2.45) is 0 Å². The average Bonchev–Trinajstić information content (AvgIpc) is 3.31. The Morgan fingerprint density at radius 2 is 1.65 bits per heavy atom. The number of H-pyrrole nitrogens is 1. The van der Waals surface area contributed by atoms with Crippen LogP contribution in [0.2, 0.25) is 0 Å². The maximum atomic E-state index is 13.2. The molecule has 0 aliphatic heterocycles. The lowest BCUT2D eigenvalue weighted by molar-refractivity contribution is 0.0897. The maximum absolute atomic E-state index is 13.2. The number of aromatic amines is 1. The van der Waals surface area contributed by atoms with Gasteiger partial charge in [-0.25, -0.2) is 0 Å². The van der Waals surface area contributed by atoms with Gasteiger partial charge in [0.1, 0.15) is 0 Å². The van der Waals surface area contributed by atoms with Gasteiger partial charge >= 0.3 is 0 Å². The Labute approximate surface area is 182 Å². The average molecular weight is 412 g/mol. The third-order valence-corrected chi connectivity index (χ3v) is 5.14. The van der Waals surface area contributed by atoms with Crippen LogP contribution in [0.25, 0.3) is 22.5 Å². The van der Waals surface area contributed by atoms with Crippen LogP contribution in [0, 0.1) is 0 Å². The van der Waals surface area contributed by atoms with Gasteiger partial charge in [0.2, 0.25) is 0 Å². The number of hydrogen-bond acceptors (Lipinski definition) is 3. The minimum Gasteiger partial charge on any atom is -0.383 e. The molecule has 0 aliphatic carbocycles. The first kappa shape index (κ1) is 20.6. The Bertz CT molecular complexity index is 1120. The van der Waals surface area contributed by atoms with Gasteiger partial charge in [-0.3, -0.25) is 9.89 Å². The van der Waals surface area contributed by atoms with Crippen LogP contribution in [-0.4, -0.2) is 35.9 Å². The molecule has 0 bridgehead atoms. The number of methoxy groups -OCH3 is 1. The molecule has 0 spiro atoms. The standard InChI is InChI=1S/C26H25N3O2/c1-31-18-21(16-19-10-4-2-5-11-19)27-26(30)23-15-9-8-14-22(23)25-17-24(28-29-25)20-12-6-3-7-13-20/h2-15,17,21H,16,18H2,1H3,(H,27,30)(H,28,29)/t21-/m0/s1. The Morgan fingerprint density at radius 3 is 2.39 bits per heavy atom. The van der Waals surface area contributed by atoms with Gasteiger partial charge < -0.3 is 10.1 Å². The summed E-state index contributed by atoms with van der Waals surface area (Å²) in [5, 5.41) is 10.7. The number of ether oxygens (including phenoxy) is 1. The molecule has 0 saturated carbocycles. The number of carbonyl (C=O) groups is 1. The molecule has 1 heterocycles. The van der Waals surface area contributed by atoms with E-state index in [-0.39, 0.29) is 11.9 Å². The zero-order chi connectivity index (χ0) is 21.5. The highest BCUT2D eigenvalue weighted by atomic mass is 16.5.